The van der Waals surface area contributed by atoms with Gasteiger partial charge >= 0.3 is 5.91 Å². The summed E-state index contributed by atoms with van der Waals surface area (Å²) in [6, 6.07) is 11.4. The average Bonchev–Trinajstić information content (AvgIpc) is 3.07. The summed E-state index contributed by atoms with van der Waals surface area (Å²) in [5, 5.41) is 0. The Morgan fingerprint density at radius 2 is 1.91 bits per heavy atom. The van der Waals surface area contributed by atoms with Crippen molar-refractivity contribution in [3.05, 3.63) is 54.0 Å². The number of amides is 2. The van der Waals surface area contributed by atoms with Crippen molar-refractivity contribution in [3.63, 3.8) is 0 Å². The molecular formula is C16H20N3O3S+. The van der Waals surface area contributed by atoms with E-state index in [1.165, 1.54) is 17.2 Å². The molecule has 1 atom stereocenters. The summed E-state index contributed by atoms with van der Waals surface area (Å²) in [5.74, 6) is -0.586. The van der Waals surface area contributed by atoms with Crippen molar-refractivity contribution in [1.82, 2.24) is 10.9 Å². The fourth-order valence-electron chi connectivity index (χ4n) is 2.07. The third kappa shape index (κ3) is 5.46. The van der Waals surface area contributed by atoms with Crippen LogP contribution in [0.15, 0.2) is 52.0 Å². The van der Waals surface area contributed by atoms with Crippen LogP contribution in [0, 0.1) is 0 Å². The molecule has 1 aromatic carbocycles. The molecule has 0 aliphatic carbocycles. The van der Waals surface area contributed by atoms with Gasteiger partial charge in [-0.1, -0.05) is 12.1 Å². The zero-order valence-corrected chi connectivity index (χ0v) is 13.9. The van der Waals surface area contributed by atoms with Crippen molar-refractivity contribution < 1.29 is 18.9 Å². The number of quaternary nitrogens is 1. The lowest BCUT2D eigenvalue weighted by molar-refractivity contribution is -0.885. The predicted molar refractivity (Wildman–Crippen MR) is 88.0 cm³/mol. The van der Waals surface area contributed by atoms with Crippen LogP contribution < -0.4 is 15.8 Å². The topological polar surface area (TPSA) is 75.8 Å². The maximum Gasteiger partial charge on any atom is 0.305 e. The van der Waals surface area contributed by atoms with E-state index in [0.717, 1.165) is 17.0 Å². The number of carbonyl (C=O) groups is 2. The molecule has 0 saturated carbocycles. The Hall–Kier alpha value is -2.25. The maximum atomic E-state index is 11.8. The molecule has 3 N–H and O–H groups in total. The van der Waals surface area contributed by atoms with E-state index < -0.39 is 5.91 Å². The smallest absolute Gasteiger partial charge is 0.305 e. The van der Waals surface area contributed by atoms with Gasteiger partial charge in [-0.25, -0.2) is 0 Å². The van der Waals surface area contributed by atoms with Crippen molar-refractivity contribution in [2.45, 2.75) is 11.4 Å². The molecule has 0 bridgehead atoms. The normalized spacial score (nSPS) is 11.7. The van der Waals surface area contributed by atoms with Gasteiger partial charge in [0.2, 0.25) is 0 Å². The standard InChI is InChI=1S/C16H19N3O3S/c1-19(10-12-5-7-13(23-2)8-6-12)11-15(20)17-18-16(21)14-4-3-9-22-14/h3-9H,10-11H2,1-2H3,(H,17,20)(H,18,21)/p+1. The minimum atomic E-state index is -0.478. The Balaban J connectivity index is 1.74. The van der Waals surface area contributed by atoms with Crippen LogP contribution in [-0.2, 0) is 11.3 Å². The van der Waals surface area contributed by atoms with Crippen LogP contribution >= 0.6 is 11.8 Å². The van der Waals surface area contributed by atoms with Gasteiger partial charge in [-0.05, 0) is 30.5 Å². The van der Waals surface area contributed by atoms with Gasteiger partial charge in [-0.2, -0.15) is 0 Å². The van der Waals surface area contributed by atoms with Crippen LogP contribution in [0.2, 0.25) is 0 Å². The lowest BCUT2D eigenvalue weighted by Gasteiger charge is -2.14. The van der Waals surface area contributed by atoms with E-state index >= 15 is 0 Å². The molecule has 2 aromatic rings. The number of hydrazine groups is 1. The van der Waals surface area contributed by atoms with E-state index in [1.807, 2.05) is 13.3 Å². The zero-order chi connectivity index (χ0) is 16.7. The molecule has 0 aliphatic rings. The predicted octanol–water partition coefficient (Wildman–Crippen LogP) is 0.477. The van der Waals surface area contributed by atoms with E-state index in [4.69, 9.17) is 4.42 Å². The molecule has 0 radical (unpaired) electrons. The molecule has 6 nitrogen and oxygen atoms in total. The molecule has 0 spiro atoms. The van der Waals surface area contributed by atoms with E-state index in [-0.39, 0.29) is 18.2 Å². The highest BCUT2D eigenvalue weighted by Crippen LogP contribution is 2.14. The van der Waals surface area contributed by atoms with Crippen LogP contribution in [-0.4, -0.2) is 31.7 Å². The highest BCUT2D eigenvalue weighted by atomic mass is 32.2. The quantitative estimate of drug-likeness (QED) is 0.530. The Labute approximate surface area is 139 Å². The van der Waals surface area contributed by atoms with Gasteiger partial charge < -0.3 is 9.32 Å². The first-order valence-electron chi connectivity index (χ1n) is 7.15. The van der Waals surface area contributed by atoms with Crippen LogP contribution in [0.25, 0.3) is 0 Å². The second-order valence-electron chi connectivity index (χ2n) is 5.14. The summed E-state index contributed by atoms with van der Waals surface area (Å²) >= 11 is 1.70. The van der Waals surface area contributed by atoms with E-state index in [9.17, 15) is 9.59 Å². The Morgan fingerprint density at radius 3 is 2.52 bits per heavy atom. The number of rotatable bonds is 6. The summed E-state index contributed by atoms with van der Waals surface area (Å²) in [6.07, 6.45) is 3.44. The van der Waals surface area contributed by atoms with Gasteiger partial charge in [-0.15, -0.1) is 11.8 Å². The largest absolute Gasteiger partial charge is 0.459 e. The zero-order valence-electron chi connectivity index (χ0n) is 13.1. The summed E-state index contributed by atoms with van der Waals surface area (Å²) < 4.78 is 4.94. The molecule has 2 amide bonds. The molecule has 1 heterocycles. The van der Waals surface area contributed by atoms with Crippen molar-refractivity contribution in [2.24, 2.45) is 0 Å². The van der Waals surface area contributed by atoms with E-state index in [2.05, 4.69) is 35.1 Å². The van der Waals surface area contributed by atoms with E-state index in [0.29, 0.717) is 0 Å². The Bertz CT molecular complexity index is 641. The van der Waals surface area contributed by atoms with Gasteiger partial charge in [0, 0.05) is 10.5 Å². The number of thioether (sulfide) groups is 1. The molecule has 0 saturated heterocycles. The first-order chi connectivity index (χ1) is 11.1. The minimum Gasteiger partial charge on any atom is -0.459 e. The lowest BCUT2D eigenvalue weighted by Crippen LogP contribution is -3.09. The third-order valence-corrected chi connectivity index (χ3v) is 3.93. The number of carbonyl (C=O) groups excluding carboxylic acids is 2. The molecule has 122 valence electrons. The number of nitrogens with one attached hydrogen (secondary N) is 3. The van der Waals surface area contributed by atoms with Gasteiger partial charge in [0.05, 0.1) is 13.3 Å². The number of furan rings is 1. The molecule has 0 fully saturated rings. The van der Waals surface area contributed by atoms with Crippen molar-refractivity contribution >= 4 is 23.6 Å². The first-order valence-corrected chi connectivity index (χ1v) is 8.38. The van der Waals surface area contributed by atoms with Crippen molar-refractivity contribution in [1.29, 1.82) is 0 Å². The summed E-state index contributed by atoms with van der Waals surface area (Å²) in [6.45, 7) is 0.983. The number of benzene rings is 1. The highest BCUT2D eigenvalue weighted by Gasteiger charge is 2.13. The van der Waals surface area contributed by atoms with Crippen LogP contribution in [0.5, 0.6) is 0 Å². The van der Waals surface area contributed by atoms with Crippen molar-refractivity contribution in [2.75, 3.05) is 19.8 Å². The second kappa shape index (κ2) is 8.40. The maximum absolute atomic E-state index is 11.8. The summed E-state index contributed by atoms with van der Waals surface area (Å²) in [7, 11) is 1.93. The molecule has 1 aromatic heterocycles. The van der Waals surface area contributed by atoms with Gasteiger partial charge in [0.1, 0.15) is 6.54 Å². The van der Waals surface area contributed by atoms with Crippen LogP contribution in [0.1, 0.15) is 16.1 Å². The molecule has 2 rings (SSSR count). The molecular weight excluding hydrogens is 314 g/mol. The number of hydrogen-bond acceptors (Lipinski definition) is 4. The SMILES string of the molecule is CSc1ccc(C[NH+](C)CC(=O)NNC(=O)c2ccco2)cc1. The Kier molecular flexibility index (Phi) is 6.25. The number of likely N-dealkylation sites (N-methyl/N-ethyl adjacent to an activating group) is 1. The number of hydrogen-bond donors (Lipinski definition) is 3. The molecule has 7 heteroatoms. The molecule has 0 aliphatic heterocycles. The van der Waals surface area contributed by atoms with Crippen LogP contribution in [0.3, 0.4) is 0 Å². The van der Waals surface area contributed by atoms with Crippen molar-refractivity contribution in [3.8, 4) is 0 Å². The molecule has 1 unspecified atom stereocenters. The minimum absolute atomic E-state index is 0.153. The summed E-state index contributed by atoms with van der Waals surface area (Å²) in [4.78, 5) is 25.7. The average molecular weight is 334 g/mol. The second-order valence-corrected chi connectivity index (χ2v) is 6.02. The molecule has 23 heavy (non-hydrogen) atoms. The lowest BCUT2D eigenvalue weighted by atomic mass is 10.2. The van der Waals surface area contributed by atoms with E-state index in [1.54, 1.807) is 17.8 Å². The van der Waals surface area contributed by atoms with Gasteiger partial charge in [0.15, 0.2) is 12.3 Å². The highest BCUT2D eigenvalue weighted by molar-refractivity contribution is 7.98. The fraction of sp³-hybridized carbons (Fsp3) is 0.250. The Morgan fingerprint density at radius 1 is 1.17 bits per heavy atom. The van der Waals surface area contributed by atoms with Crippen LogP contribution in [0.4, 0.5) is 0 Å². The van der Waals surface area contributed by atoms with Gasteiger partial charge in [0.25, 0.3) is 5.91 Å². The fourth-order valence-corrected chi connectivity index (χ4v) is 2.48. The first kappa shape index (κ1) is 17.1. The third-order valence-electron chi connectivity index (χ3n) is 3.19. The monoisotopic (exact) mass is 334 g/mol. The summed E-state index contributed by atoms with van der Waals surface area (Å²) in [5.41, 5.74) is 5.86. The van der Waals surface area contributed by atoms with Gasteiger partial charge in [-0.3, -0.25) is 20.4 Å².